The van der Waals surface area contributed by atoms with Crippen LogP contribution in [-0.2, 0) is 16.0 Å². The summed E-state index contributed by atoms with van der Waals surface area (Å²) in [5.41, 5.74) is 2.56. The first-order valence-corrected chi connectivity index (χ1v) is 24.7. The van der Waals surface area contributed by atoms with Crippen molar-refractivity contribution in [1.29, 1.82) is 0 Å². The lowest BCUT2D eigenvalue weighted by Gasteiger charge is -2.42. The fraction of sp³-hybridized carbons (Fsp3) is 0.846. The van der Waals surface area contributed by atoms with Crippen LogP contribution in [0.5, 0.6) is 0 Å². The Balaban J connectivity index is 0.000000222. The molecule has 0 aromatic heterocycles. The Hall–Kier alpha value is -1.72. The summed E-state index contributed by atoms with van der Waals surface area (Å²) in [6.07, 6.45) is 8.32. The van der Waals surface area contributed by atoms with Crippen molar-refractivity contribution >= 4 is 11.6 Å². The second kappa shape index (κ2) is 25.1. The molecule has 1 aromatic carbocycles. The van der Waals surface area contributed by atoms with Crippen molar-refractivity contribution in [3.63, 3.8) is 0 Å². The topological polar surface area (TPSA) is 56.8 Å². The number of ketones is 2. The van der Waals surface area contributed by atoms with Crippen molar-refractivity contribution in [2.24, 2.45) is 11.8 Å². The first kappa shape index (κ1) is 53.6. The lowest BCUT2D eigenvalue weighted by Crippen LogP contribution is -2.53. The van der Waals surface area contributed by atoms with Crippen LogP contribution < -0.4 is 0 Å². The molecule has 352 valence electrons. The van der Waals surface area contributed by atoms with E-state index in [0.717, 1.165) is 39.0 Å². The molecule has 1 aromatic rings. The smallest absolute Gasteiger partial charge is 0.141 e. The Morgan fingerprint density at radius 1 is 0.459 bits per heavy atom. The normalized spacial score (nSPS) is 24.2. The van der Waals surface area contributed by atoms with Crippen LogP contribution in [-0.4, -0.2) is 179 Å². The molecule has 0 spiro atoms. The predicted molar refractivity (Wildman–Crippen MR) is 261 cm³/mol. The Bertz CT molecular complexity index is 1350. The van der Waals surface area contributed by atoms with Crippen LogP contribution in [0.3, 0.4) is 0 Å². The number of hydrogen-bond acceptors (Lipinski definition) is 9. The van der Waals surface area contributed by atoms with E-state index in [-0.39, 0.29) is 22.9 Å². The molecule has 2 atom stereocenters. The van der Waals surface area contributed by atoms with Gasteiger partial charge in [-0.25, -0.2) is 0 Å². The molecular weight excluding hydrogens is 755 g/mol. The zero-order valence-electron chi connectivity index (χ0n) is 42.5. The van der Waals surface area contributed by atoms with E-state index in [1.54, 1.807) is 0 Å². The van der Waals surface area contributed by atoms with Crippen molar-refractivity contribution in [2.45, 2.75) is 164 Å². The number of nitrogens with zero attached hydrogens (tertiary/aromatic N) is 7. The van der Waals surface area contributed by atoms with Crippen molar-refractivity contribution in [3.8, 4) is 0 Å². The van der Waals surface area contributed by atoms with E-state index in [1.165, 1.54) is 123 Å². The van der Waals surface area contributed by atoms with E-state index < -0.39 is 0 Å². The molecule has 5 heterocycles. The van der Waals surface area contributed by atoms with Crippen molar-refractivity contribution in [1.82, 2.24) is 34.3 Å². The number of carbonyl (C=O) groups is 2. The second-order valence-corrected chi connectivity index (χ2v) is 23.0. The average molecular weight is 852 g/mol. The van der Waals surface area contributed by atoms with Gasteiger partial charge < -0.3 is 14.7 Å². The highest BCUT2D eigenvalue weighted by atomic mass is 16.1. The quantitative estimate of drug-likeness (QED) is 0.270. The van der Waals surface area contributed by atoms with E-state index in [4.69, 9.17) is 0 Å². The summed E-state index contributed by atoms with van der Waals surface area (Å²) in [4.78, 5) is 40.4. The number of benzene rings is 1. The molecule has 2 unspecified atom stereocenters. The number of likely N-dealkylation sites (tertiary alicyclic amines) is 3. The van der Waals surface area contributed by atoms with Crippen LogP contribution in [0.15, 0.2) is 30.3 Å². The van der Waals surface area contributed by atoms with Crippen LogP contribution >= 0.6 is 0 Å². The highest BCUT2D eigenvalue weighted by Crippen LogP contribution is 2.25. The van der Waals surface area contributed by atoms with Crippen molar-refractivity contribution < 1.29 is 9.59 Å². The number of piperazine rings is 2. The van der Waals surface area contributed by atoms with Crippen molar-refractivity contribution in [3.05, 3.63) is 35.9 Å². The third-order valence-electron chi connectivity index (χ3n) is 13.8. The molecule has 0 N–H and O–H groups in total. The summed E-state index contributed by atoms with van der Waals surface area (Å²) >= 11 is 0. The van der Waals surface area contributed by atoms with Crippen molar-refractivity contribution in [2.75, 3.05) is 111 Å². The summed E-state index contributed by atoms with van der Waals surface area (Å²) in [5.74, 6) is 1.27. The Morgan fingerprint density at radius 3 is 1.25 bits per heavy atom. The van der Waals surface area contributed by atoms with Gasteiger partial charge in [0.1, 0.15) is 11.6 Å². The molecule has 0 radical (unpaired) electrons. The third kappa shape index (κ3) is 20.3. The first-order chi connectivity index (χ1) is 28.4. The summed E-state index contributed by atoms with van der Waals surface area (Å²) < 4.78 is 0. The molecule has 0 amide bonds. The van der Waals surface area contributed by atoms with E-state index >= 15 is 0 Å². The SMILES string of the molecule is CC(C)(C)N1CCC(=O)CC1.CC(C)(C)N1CCN(CCCN2CCCCC2)CC1.CC(C)(C)N1CCN(CCc2ccccc2)CC1.CC1CN(C(C)(C)C)CC(C)C1=O. The lowest BCUT2D eigenvalue weighted by molar-refractivity contribution is -0.131. The summed E-state index contributed by atoms with van der Waals surface area (Å²) in [5, 5.41) is 0. The molecule has 5 saturated heterocycles. The van der Waals surface area contributed by atoms with E-state index in [0.29, 0.717) is 22.6 Å². The summed E-state index contributed by atoms with van der Waals surface area (Å²) in [7, 11) is 0. The predicted octanol–water partition coefficient (Wildman–Crippen LogP) is 8.32. The van der Waals surface area contributed by atoms with Crippen LogP contribution in [0.1, 0.15) is 141 Å². The maximum atomic E-state index is 11.6. The van der Waals surface area contributed by atoms with E-state index in [1.807, 2.05) is 13.8 Å². The molecule has 6 rings (SSSR count). The van der Waals surface area contributed by atoms with Gasteiger partial charge in [-0.3, -0.25) is 29.2 Å². The van der Waals surface area contributed by atoms with E-state index in [2.05, 4.69) is 148 Å². The Labute approximate surface area is 377 Å². The van der Waals surface area contributed by atoms with Gasteiger partial charge in [0, 0.05) is 132 Å². The van der Waals surface area contributed by atoms with Gasteiger partial charge in [-0.05, 0) is 141 Å². The monoisotopic (exact) mass is 852 g/mol. The van der Waals surface area contributed by atoms with Gasteiger partial charge in [0.2, 0.25) is 0 Å². The van der Waals surface area contributed by atoms with Crippen LogP contribution in [0, 0.1) is 11.8 Å². The fourth-order valence-electron chi connectivity index (χ4n) is 9.29. The summed E-state index contributed by atoms with van der Waals surface area (Å²) in [6.45, 7) is 51.3. The van der Waals surface area contributed by atoms with E-state index in [9.17, 15) is 9.59 Å². The standard InChI is InChI=1S/C16H33N3.C16H26N2.C11H21NO.C9H17NO/c1-16(2,3)19-14-12-18(13-15-19)11-7-10-17-8-5-4-6-9-17;1-16(2,3)18-13-11-17(12-14-18)10-9-15-7-5-4-6-8-15;1-8-6-12(11(3,4)5)7-9(2)10(8)13;1-9(2,3)10-6-4-8(11)5-7-10/h4-15H2,1-3H3;4-8H,9-14H2,1-3H3;8-9H,6-7H2,1-5H3;4-7H2,1-3H3. The highest BCUT2D eigenvalue weighted by molar-refractivity contribution is 5.84. The number of Topliss-reactive ketones (excluding diaryl/α,β-unsaturated/α-hetero) is 2. The Morgan fingerprint density at radius 2 is 0.836 bits per heavy atom. The zero-order valence-corrected chi connectivity index (χ0v) is 42.5. The van der Waals surface area contributed by atoms with Gasteiger partial charge in [-0.2, -0.15) is 0 Å². The summed E-state index contributed by atoms with van der Waals surface area (Å²) in [6, 6.07) is 10.8. The number of carbonyl (C=O) groups excluding carboxylic acids is 2. The highest BCUT2D eigenvalue weighted by Gasteiger charge is 2.34. The number of hydrogen-bond donors (Lipinski definition) is 0. The van der Waals surface area contributed by atoms with Gasteiger partial charge in [0.15, 0.2) is 0 Å². The third-order valence-corrected chi connectivity index (χ3v) is 13.8. The van der Waals surface area contributed by atoms with Crippen LogP contribution in [0.2, 0.25) is 0 Å². The molecule has 61 heavy (non-hydrogen) atoms. The average Bonchev–Trinajstić information content (AvgIpc) is 3.20. The first-order valence-electron chi connectivity index (χ1n) is 24.7. The minimum absolute atomic E-state index is 0.198. The second-order valence-electron chi connectivity index (χ2n) is 23.0. The van der Waals surface area contributed by atoms with Gasteiger partial charge in [0.05, 0.1) is 0 Å². The van der Waals surface area contributed by atoms with Gasteiger partial charge >= 0.3 is 0 Å². The fourth-order valence-corrected chi connectivity index (χ4v) is 9.29. The molecule has 5 fully saturated rings. The maximum absolute atomic E-state index is 11.6. The molecule has 9 heteroatoms. The molecule has 5 aliphatic heterocycles. The molecule has 0 aliphatic carbocycles. The zero-order chi connectivity index (χ0) is 45.4. The minimum Gasteiger partial charge on any atom is -0.303 e. The molecular formula is C52H97N7O2. The number of rotatable bonds is 7. The molecule has 0 saturated carbocycles. The number of piperidine rings is 3. The van der Waals surface area contributed by atoms with Gasteiger partial charge in [-0.1, -0.05) is 50.6 Å². The Kier molecular flexibility index (Phi) is 22.1. The van der Waals surface area contributed by atoms with Gasteiger partial charge in [-0.15, -0.1) is 0 Å². The van der Waals surface area contributed by atoms with Crippen LogP contribution in [0.25, 0.3) is 0 Å². The molecule has 5 aliphatic rings. The molecule has 9 nitrogen and oxygen atoms in total. The molecule has 0 bridgehead atoms. The van der Waals surface area contributed by atoms with Gasteiger partial charge in [0.25, 0.3) is 0 Å². The van der Waals surface area contributed by atoms with Crippen LogP contribution in [0.4, 0.5) is 0 Å². The minimum atomic E-state index is 0.198. The largest absolute Gasteiger partial charge is 0.303 e. The lowest BCUT2D eigenvalue weighted by atomic mass is 9.87. The maximum Gasteiger partial charge on any atom is 0.141 e.